The second kappa shape index (κ2) is 6.27. The van der Waals surface area contributed by atoms with Crippen molar-refractivity contribution in [1.29, 1.82) is 0 Å². The molecule has 0 fully saturated rings. The van der Waals surface area contributed by atoms with E-state index in [1.807, 2.05) is 24.7 Å². The first-order valence-corrected chi connectivity index (χ1v) is 5.59. The van der Waals surface area contributed by atoms with Crippen molar-refractivity contribution in [3.8, 4) is 0 Å². The van der Waals surface area contributed by atoms with Gasteiger partial charge in [-0.1, -0.05) is 0 Å². The summed E-state index contributed by atoms with van der Waals surface area (Å²) in [7, 11) is 0. The molecule has 0 aliphatic carbocycles. The minimum Gasteiger partial charge on any atom is -0.354 e. The standard InChI is InChI=1S/C11H20N4O/c1-9-7-14-15(8-9)6-5-13-11(16)4-3-10(2)12/h7-8,10H,3-6,12H2,1-2H3,(H,13,16). The van der Waals surface area contributed by atoms with Gasteiger partial charge in [-0.05, 0) is 25.8 Å². The van der Waals surface area contributed by atoms with E-state index in [-0.39, 0.29) is 11.9 Å². The molecule has 0 saturated heterocycles. The van der Waals surface area contributed by atoms with Gasteiger partial charge in [0, 0.05) is 25.2 Å². The lowest BCUT2D eigenvalue weighted by atomic mass is 10.2. The van der Waals surface area contributed by atoms with Gasteiger partial charge in [0.2, 0.25) is 5.91 Å². The van der Waals surface area contributed by atoms with Gasteiger partial charge >= 0.3 is 0 Å². The van der Waals surface area contributed by atoms with E-state index < -0.39 is 0 Å². The summed E-state index contributed by atoms with van der Waals surface area (Å²) in [6.45, 7) is 5.21. The van der Waals surface area contributed by atoms with E-state index in [9.17, 15) is 4.79 Å². The van der Waals surface area contributed by atoms with E-state index in [1.54, 1.807) is 6.20 Å². The van der Waals surface area contributed by atoms with E-state index in [4.69, 9.17) is 5.73 Å². The summed E-state index contributed by atoms with van der Waals surface area (Å²) in [6, 6.07) is 0.0829. The molecule has 3 N–H and O–H groups in total. The largest absolute Gasteiger partial charge is 0.354 e. The molecule has 5 heteroatoms. The van der Waals surface area contributed by atoms with Gasteiger partial charge in [0.25, 0.3) is 0 Å². The van der Waals surface area contributed by atoms with Gasteiger partial charge in [0.15, 0.2) is 0 Å². The molecule has 0 aliphatic heterocycles. The van der Waals surface area contributed by atoms with Crippen molar-refractivity contribution in [2.75, 3.05) is 6.54 Å². The average Bonchev–Trinajstić information content (AvgIpc) is 2.61. The van der Waals surface area contributed by atoms with Gasteiger partial charge < -0.3 is 11.1 Å². The number of rotatable bonds is 6. The van der Waals surface area contributed by atoms with Crippen LogP contribution in [0.5, 0.6) is 0 Å². The smallest absolute Gasteiger partial charge is 0.220 e. The van der Waals surface area contributed by atoms with Crippen molar-refractivity contribution < 1.29 is 4.79 Å². The van der Waals surface area contributed by atoms with Crippen molar-refractivity contribution in [2.45, 2.75) is 39.3 Å². The van der Waals surface area contributed by atoms with Crippen molar-refractivity contribution in [3.05, 3.63) is 18.0 Å². The second-order valence-corrected chi connectivity index (χ2v) is 4.15. The number of hydrogen-bond donors (Lipinski definition) is 2. The molecular weight excluding hydrogens is 204 g/mol. The van der Waals surface area contributed by atoms with Crippen LogP contribution in [-0.4, -0.2) is 28.3 Å². The molecule has 0 spiro atoms. The fourth-order valence-corrected chi connectivity index (χ4v) is 1.35. The Labute approximate surface area is 96.0 Å². The molecular formula is C11H20N4O. The van der Waals surface area contributed by atoms with Crippen LogP contribution < -0.4 is 11.1 Å². The van der Waals surface area contributed by atoms with Crippen LogP contribution in [0.3, 0.4) is 0 Å². The van der Waals surface area contributed by atoms with Crippen LogP contribution in [0.25, 0.3) is 0 Å². The Bertz CT molecular complexity index is 332. The topological polar surface area (TPSA) is 72.9 Å². The number of nitrogens with two attached hydrogens (primary N) is 1. The summed E-state index contributed by atoms with van der Waals surface area (Å²) in [4.78, 5) is 11.3. The van der Waals surface area contributed by atoms with Crippen molar-refractivity contribution in [2.24, 2.45) is 5.73 Å². The maximum absolute atomic E-state index is 11.3. The van der Waals surface area contributed by atoms with Gasteiger partial charge in [-0.3, -0.25) is 9.48 Å². The number of carbonyl (C=O) groups is 1. The maximum atomic E-state index is 11.3. The third-order valence-corrected chi connectivity index (χ3v) is 2.25. The monoisotopic (exact) mass is 224 g/mol. The summed E-state index contributed by atoms with van der Waals surface area (Å²) in [5.74, 6) is 0.0566. The quantitative estimate of drug-likeness (QED) is 0.736. The molecule has 1 atom stereocenters. The van der Waals surface area contributed by atoms with Gasteiger partial charge in [-0.2, -0.15) is 5.10 Å². The zero-order valence-electron chi connectivity index (χ0n) is 9.94. The van der Waals surface area contributed by atoms with Gasteiger partial charge in [0.05, 0.1) is 12.7 Å². The lowest BCUT2D eigenvalue weighted by Gasteiger charge is -2.06. The zero-order valence-corrected chi connectivity index (χ0v) is 9.94. The second-order valence-electron chi connectivity index (χ2n) is 4.15. The lowest BCUT2D eigenvalue weighted by Crippen LogP contribution is -2.28. The molecule has 0 saturated carbocycles. The van der Waals surface area contributed by atoms with Crippen molar-refractivity contribution >= 4 is 5.91 Å². The fourth-order valence-electron chi connectivity index (χ4n) is 1.35. The number of aryl methyl sites for hydroxylation is 1. The molecule has 0 radical (unpaired) electrons. The van der Waals surface area contributed by atoms with Crippen molar-refractivity contribution in [3.63, 3.8) is 0 Å². The highest BCUT2D eigenvalue weighted by Crippen LogP contribution is 1.94. The third-order valence-electron chi connectivity index (χ3n) is 2.25. The molecule has 5 nitrogen and oxygen atoms in total. The minimum atomic E-state index is 0.0566. The lowest BCUT2D eigenvalue weighted by molar-refractivity contribution is -0.121. The Morgan fingerprint density at radius 3 is 3.00 bits per heavy atom. The highest BCUT2D eigenvalue weighted by Gasteiger charge is 2.02. The van der Waals surface area contributed by atoms with E-state index in [0.29, 0.717) is 19.5 Å². The number of nitrogens with zero attached hydrogens (tertiary/aromatic N) is 2. The average molecular weight is 224 g/mol. The van der Waals surface area contributed by atoms with Crippen LogP contribution in [-0.2, 0) is 11.3 Å². The van der Waals surface area contributed by atoms with Crippen LogP contribution in [0.2, 0.25) is 0 Å². The van der Waals surface area contributed by atoms with Gasteiger partial charge in [-0.25, -0.2) is 0 Å². The molecule has 0 aromatic carbocycles. The van der Waals surface area contributed by atoms with Crippen LogP contribution in [0.4, 0.5) is 0 Å². The van der Waals surface area contributed by atoms with Gasteiger partial charge in [0.1, 0.15) is 0 Å². The van der Waals surface area contributed by atoms with Crippen molar-refractivity contribution in [1.82, 2.24) is 15.1 Å². The molecule has 1 amide bonds. The molecule has 0 bridgehead atoms. The summed E-state index contributed by atoms with van der Waals surface area (Å²) in [5.41, 5.74) is 6.70. The first-order chi connectivity index (χ1) is 7.58. The summed E-state index contributed by atoms with van der Waals surface area (Å²) < 4.78 is 1.82. The van der Waals surface area contributed by atoms with E-state index in [0.717, 1.165) is 12.0 Å². The SMILES string of the molecule is Cc1cnn(CCNC(=O)CCC(C)N)c1. The highest BCUT2D eigenvalue weighted by molar-refractivity contribution is 5.75. The highest BCUT2D eigenvalue weighted by atomic mass is 16.1. The zero-order chi connectivity index (χ0) is 12.0. The molecule has 1 heterocycles. The van der Waals surface area contributed by atoms with Crippen LogP contribution in [0.15, 0.2) is 12.4 Å². The summed E-state index contributed by atoms with van der Waals surface area (Å²) in [5, 5.41) is 6.97. The van der Waals surface area contributed by atoms with Gasteiger partial charge in [-0.15, -0.1) is 0 Å². The molecule has 16 heavy (non-hydrogen) atoms. The molecule has 1 unspecified atom stereocenters. The summed E-state index contributed by atoms with van der Waals surface area (Å²) >= 11 is 0. The number of hydrogen-bond acceptors (Lipinski definition) is 3. The number of nitrogens with one attached hydrogen (secondary N) is 1. The number of amides is 1. The maximum Gasteiger partial charge on any atom is 0.220 e. The van der Waals surface area contributed by atoms with Crippen LogP contribution in [0, 0.1) is 6.92 Å². The van der Waals surface area contributed by atoms with Crippen LogP contribution in [0.1, 0.15) is 25.3 Å². The van der Waals surface area contributed by atoms with E-state index >= 15 is 0 Å². The molecule has 1 aromatic rings. The Hall–Kier alpha value is -1.36. The molecule has 0 aliphatic rings. The first kappa shape index (κ1) is 12.7. The Morgan fingerprint density at radius 1 is 1.69 bits per heavy atom. The predicted octanol–water partition coefficient (Wildman–Crippen LogP) is 0.435. The van der Waals surface area contributed by atoms with E-state index in [1.165, 1.54) is 0 Å². The molecule has 1 rings (SSSR count). The minimum absolute atomic E-state index is 0.0566. The molecule has 1 aromatic heterocycles. The van der Waals surface area contributed by atoms with E-state index in [2.05, 4.69) is 10.4 Å². The predicted molar refractivity (Wildman–Crippen MR) is 62.9 cm³/mol. The molecule has 90 valence electrons. The Kier molecular flexibility index (Phi) is 4.98. The number of aromatic nitrogens is 2. The van der Waals surface area contributed by atoms with Crippen LogP contribution >= 0.6 is 0 Å². The number of carbonyl (C=O) groups excluding carboxylic acids is 1. The fraction of sp³-hybridized carbons (Fsp3) is 0.636. The first-order valence-electron chi connectivity index (χ1n) is 5.59. The Morgan fingerprint density at radius 2 is 2.44 bits per heavy atom. The third kappa shape index (κ3) is 4.93. The summed E-state index contributed by atoms with van der Waals surface area (Å²) in [6.07, 6.45) is 4.98. The normalized spacial score (nSPS) is 12.4. The Balaban J connectivity index is 2.13.